The van der Waals surface area contributed by atoms with Crippen molar-refractivity contribution in [3.63, 3.8) is 0 Å². The molecular formula is C23H27N3O2. The summed E-state index contributed by atoms with van der Waals surface area (Å²) in [6, 6.07) is 16.8. The van der Waals surface area contributed by atoms with Gasteiger partial charge in [0.05, 0.1) is 0 Å². The van der Waals surface area contributed by atoms with Crippen molar-refractivity contribution < 1.29 is 9.59 Å². The highest BCUT2D eigenvalue weighted by molar-refractivity contribution is 6.01. The highest BCUT2D eigenvalue weighted by atomic mass is 16.2. The normalized spacial score (nSPS) is 20.2. The highest BCUT2D eigenvalue weighted by Gasteiger charge is 2.39. The molecule has 146 valence electrons. The molecule has 0 aromatic heterocycles. The summed E-state index contributed by atoms with van der Waals surface area (Å²) in [4.78, 5) is 30.5. The van der Waals surface area contributed by atoms with Crippen molar-refractivity contribution in [2.24, 2.45) is 5.92 Å². The Hall–Kier alpha value is -2.66. The maximum Gasteiger partial charge on any atom is 0.255 e. The highest BCUT2D eigenvalue weighted by Crippen LogP contribution is 2.33. The first kappa shape index (κ1) is 18.7. The number of likely N-dealkylation sites (tertiary alicyclic amines) is 1. The molecule has 0 aliphatic carbocycles. The molecule has 1 N–H and O–H groups in total. The Morgan fingerprint density at radius 2 is 1.89 bits per heavy atom. The van der Waals surface area contributed by atoms with Crippen LogP contribution in [0.25, 0.3) is 0 Å². The van der Waals surface area contributed by atoms with Gasteiger partial charge in [-0.1, -0.05) is 48.5 Å². The average molecular weight is 377 g/mol. The largest absolute Gasteiger partial charge is 0.340 e. The molecule has 1 saturated heterocycles. The summed E-state index contributed by atoms with van der Waals surface area (Å²) in [6.07, 6.45) is 2.14. The van der Waals surface area contributed by atoms with Crippen molar-refractivity contribution in [3.8, 4) is 0 Å². The molecule has 1 fully saturated rings. The summed E-state index contributed by atoms with van der Waals surface area (Å²) >= 11 is 0. The lowest BCUT2D eigenvalue weighted by atomic mass is 9.96. The third-order valence-electron chi connectivity index (χ3n) is 5.83. The summed E-state index contributed by atoms with van der Waals surface area (Å²) in [5.41, 5.74) is 2.58. The van der Waals surface area contributed by atoms with E-state index >= 15 is 0 Å². The first-order valence-corrected chi connectivity index (χ1v) is 10.1. The van der Waals surface area contributed by atoms with Crippen LogP contribution in [-0.2, 0) is 11.3 Å². The van der Waals surface area contributed by atoms with Gasteiger partial charge in [-0.15, -0.1) is 0 Å². The van der Waals surface area contributed by atoms with Crippen molar-refractivity contribution in [2.75, 3.05) is 26.7 Å². The number of carbonyl (C=O) groups is 2. The predicted octanol–water partition coefficient (Wildman–Crippen LogP) is 2.84. The molecule has 2 heterocycles. The molecule has 2 aromatic carbocycles. The number of benzene rings is 2. The lowest BCUT2D eigenvalue weighted by Crippen LogP contribution is -2.48. The number of hydrogen-bond acceptors (Lipinski definition) is 3. The third-order valence-corrected chi connectivity index (χ3v) is 5.83. The first-order valence-electron chi connectivity index (χ1n) is 10.1. The average Bonchev–Trinajstić information content (AvgIpc) is 3.06. The molecule has 0 saturated carbocycles. The maximum atomic E-state index is 13.6. The van der Waals surface area contributed by atoms with E-state index in [9.17, 15) is 9.59 Å². The van der Waals surface area contributed by atoms with Gasteiger partial charge in [0.25, 0.3) is 5.91 Å². The fourth-order valence-corrected chi connectivity index (χ4v) is 4.47. The number of piperidine rings is 1. The van der Waals surface area contributed by atoms with Gasteiger partial charge in [0.2, 0.25) is 5.91 Å². The van der Waals surface area contributed by atoms with E-state index in [0.717, 1.165) is 43.6 Å². The molecule has 2 amide bonds. The topological polar surface area (TPSA) is 52.7 Å². The van der Waals surface area contributed by atoms with E-state index in [1.165, 1.54) is 0 Å². The molecule has 2 aromatic rings. The number of carbonyl (C=O) groups excluding carboxylic acids is 2. The van der Waals surface area contributed by atoms with Crippen LogP contribution in [0.2, 0.25) is 0 Å². The number of hydrogen-bond donors (Lipinski definition) is 1. The zero-order chi connectivity index (χ0) is 19.5. The Balaban J connectivity index is 1.64. The minimum Gasteiger partial charge on any atom is -0.340 e. The third kappa shape index (κ3) is 3.54. The Bertz CT molecular complexity index is 850. The van der Waals surface area contributed by atoms with Gasteiger partial charge in [-0.25, -0.2) is 0 Å². The second kappa shape index (κ2) is 8.15. The van der Waals surface area contributed by atoms with Gasteiger partial charge in [0.1, 0.15) is 6.04 Å². The van der Waals surface area contributed by atoms with E-state index in [1.54, 1.807) is 4.90 Å². The van der Waals surface area contributed by atoms with E-state index in [0.29, 0.717) is 18.0 Å². The van der Waals surface area contributed by atoms with Crippen molar-refractivity contribution >= 4 is 11.8 Å². The van der Waals surface area contributed by atoms with Gasteiger partial charge in [0.15, 0.2) is 0 Å². The number of rotatable bonds is 5. The smallest absolute Gasteiger partial charge is 0.255 e. The van der Waals surface area contributed by atoms with Gasteiger partial charge >= 0.3 is 0 Å². The standard InChI is InChI=1S/C23H27N3O2/c1-24-14-17-8-7-13-25(15-17)23(28)21(18-9-3-2-4-10-18)26-16-19-11-5-6-12-20(19)22(26)27/h2-6,9-12,17,21,24H,7-8,13-16H2,1H3/t17?,21-/m1/s1. The fraction of sp³-hybridized carbons (Fsp3) is 0.391. The Morgan fingerprint density at radius 1 is 1.14 bits per heavy atom. The Kier molecular flexibility index (Phi) is 5.44. The summed E-state index contributed by atoms with van der Waals surface area (Å²) in [5.74, 6) is 0.445. The molecule has 2 aliphatic heterocycles. The number of fused-ring (bicyclic) bond motifs is 1. The lowest BCUT2D eigenvalue weighted by molar-refractivity contribution is -0.138. The minimum absolute atomic E-state index is 0.0353. The second-order valence-electron chi connectivity index (χ2n) is 7.75. The van der Waals surface area contributed by atoms with E-state index in [-0.39, 0.29) is 11.8 Å². The molecule has 2 aliphatic rings. The van der Waals surface area contributed by atoms with Crippen molar-refractivity contribution in [3.05, 3.63) is 71.3 Å². The van der Waals surface area contributed by atoms with Gasteiger partial charge in [-0.05, 0) is 49.5 Å². The van der Waals surface area contributed by atoms with Crippen LogP contribution in [-0.4, -0.2) is 48.3 Å². The molecule has 5 nitrogen and oxygen atoms in total. The summed E-state index contributed by atoms with van der Waals surface area (Å²) in [7, 11) is 1.95. The second-order valence-corrected chi connectivity index (χ2v) is 7.75. The molecule has 0 radical (unpaired) electrons. The van der Waals surface area contributed by atoms with E-state index in [2.05, 4.69) is 5.32 Å². The molecule has 28 heavy (non-hydrogen) atoms. The molecule has 0 bridgehead atoms. The van der Waals surface area contributed by atoms with E-state index < -0.39 is 6.04 Å². The van der Waals surface area contributed by atoms with Crippen LogP contribution < -0.4 is 5.32 Å². The monoisotopic (exact) mass is 377 g/mol. The van der Waals surface area contributed by atoms with Gasteiger partial charge < -0.3 is 15.1 Å². The molecule has 4 rings (SSSR count). The van der Waals surface area contributed by atoms with Gasteiger partial charge in [0, 0.05) is 25.2 Å². The van der Waals surface area contributed by atoms with Crippen LogP contribution in [0.3, 0.4) is 0 Å². The van der Waals surface area contributed by atoms with Gasteiger partial charge in [-0.3, -0.25) is 9.59 Å². The van der Waals surface area contributed by atoms with Crippen LogP contribution in [0.5, 0.6) is 0 Å². The van der Waals surface area contributed by atoms with E-state index in [4.69, 9.17) is 0 Å². The Labute approximate surface area is 166 Å². The summed E-state index contributed by atoms with van der Waals surface area (Å²) in [5, 5.41) is 3.23. The zero-order valence-electron chi connectivity index (χ0n) is 16.3. The lowest BCUT2D eigenvalue weighted by Gasteiger charge is -2.37. The van der Waals surface area contributed by atoms with Crippen LogP contribution in [0.4, 0.5) is 0 Å². The zero-order valence-corrected chi connectivity index (χ0v) is 16.3. The SMILES string of the molecule is CNCC1CCCN(C(=O)[C@@H](c2ccccc2)N2Cc3ccccc3C2=O)C1. The predicted molar refractivity (Wildman–Crippen MR) is 109 cm³/mol. The van der Waals surface area contributed by atoms with Crippen molar-refractivity contribution in [1.29, 1.82) is 0 Å². The van der Waals surface area contributed by atoms with Crippen LogP contribution >= 0.6 is 0 Å². The summed E-state index contributed by atoms with van der Waals surface area (Å²) in [6.45, 7) is 2.90. The Morgan fingerprint density at radius 3 is 2.64 bits per heavy atom. The molecule has 2 atom stereocenters. The first-order chi connectivity index (χ1) is 13.7. The molecule has 1 unspecified atom stereocenters. The number of nitrogens with zero attached hydrogens (tertiary/aromatic N) is 2. The quantitative estimate of drug-likeness (QED) is 0.872. The maximum absolute atomic E-state index is 13.6. The van der Waals surface area contributed by atoms with E-state index in [1.807, 2.05) is 66.5 Å². The van der Waals surface area contributed by atoms with Crippen LogP contribution in [0, 0.1) is 5.92 Å². The minimum atomic E-state index is -0.575. The summed E-state index contributed by atoms with van der Waals surface area (Å²) < 4.78 is 0. The number of amides is 2. The molecule has 0 spiro atoms. The van der Waals surface area contributed by atoms with Crippen molar-refractivity contribution in [1.82, 2.24) is 15.1 Å². The fourth-order valence-electron chi connectivity index (χ4n) is 4.47. The molecular weight excluding hydrogens is 350 g/mol. The number of nitrogens with one attached hydrogen (secondary N) is 1. The van der Waals surface area contributed by atoms with Crippen LogP contribution in [0.1, 0.15) is 40.4 Å². The van der Waals surface area contributed by atoms with Crippen molar-refractivity contribution in [2.45, 2.75) is 25.4 Å². The van der Waals surface area contributed by atoms with Crippen LogP contribution in [0.15, 0.2) is 54.6 Å². The van der Waals surface area contributed by atoms with Gasteiger partial charge in [-0.2, -0.15) is 0 Å². The molecule has 5 heteroatoms.